The standard InChI is InChI=1S/C49H101OP/c1-5-6-7-8-9-10-11-12-13-14-15-16-17-18-19-20-21-22-23-24-25-26-27-28-29-30-31-32-33-34-35-36-37-38-39-40-41-42-43-44-45-46-47-48-49-50-51(2,3)4/h2,5-49H2,1,3-4H3. The largest absolute Gasteiger partial charge is 0.363 e. The van der Waals surface area contributed by atoms with E-state index in [2.05, 4.69) is 26.6 Å². The van der Waals surface area contributed by atoms with Crippen molar-refractivity contribution < 1.29 is 4.52 Å². The number of rotatable bonds is 46. The van der Waals surface area contributed by atoms with E-state index >= 15 is 0 Å². The van der Waals surface area contributed by atoms with Gasteiger partial charge in [0.1, 0.15) is 0 Å². The summed E-state index contributed by atoms with van der Waals surface area (Å²) in [5, 5.41) is 0. The van der Waals surface area contributed by atoms with E-state index < -0.39 is 7.11 Å². The molecule has 0 amide bonds. The van der Waals surface area contributed by atoms with E-state index in [1.165, 1.54) is 283 Å². The molecule has 0 bridgehead atoms. The van der Waals surface area contributed by atoms with Crippen LogP contribution in [-0.4, -0.2) is 26.2 Å². The van der Waals surface area contributed by atoms with Crippen LogP contribution in [0.1, 0.15) is 289 Å². The highest BCUT2D eigenvalue weighted by Crippen LogP contribution is 2.36. The van der Waals surface area contributed by atoms with Crippen molar-refractivity contribution in [2.45, 2.75) is 289 Å². The number of hydrogen-bond acceptors (Lipinski definition) is 1. The number of hydrogen-bond donors (Lipinski definition) is 0. The van der Waals surface area contributed by atoms with E-state index in [9.17, 15) is 0 Å². The first-order chi connectivity index (χ1) is 25.1. The fraction of sp³-hybridized carbons (Fsp3) is 0.980. The summed E-state index contributed by atoms with van der Waals surface area (Å²) in [6.07, 6.45) is 68.7. The third-order valence-electron chi connectivity index (χ3n) is 11.4. The third kappa shape index (κ3) is 50.3. The van der Waals surface area contributed by atoms with Crippen molar-refractivity contribution in [1.29, 1.82) is 0 Å². The molecule has 51 heavy (non-hydrogen) atoms. The Balaban J connectivity index is 3.06. The van der Waals surface area contributed by atoms with Crippen LogP contribution >= 0.6 is 7.11 Å². The van der Waals surface area contributed by atoms with Crippen molar-refractivity contribution in [3.8, 4) is 0 Å². The molecule has 0 aromatic heterocycles. The van der Waals surface area contributed by atoms with Crippen molar-refractivity contribution in [3.63, 3.8) is 0 Å². The average molecular weight is 737 g/mol. The molecule has 0 heterocycles. The second-order valence-corrected chi connectivity index (χ2v) is 21.0. The lowest BCUT2D eigenvalue weighted by Gasteiger charge is -2.13. The maximum Gasteiger partial charge on any atom is 0.0507 e. The molecule has 0 aliphatic rings. The lowest BCUT2D eigenvalue weighted by Crippen LogP contribution is -1.91. The van der Waals surface area contributed by atoms with Crippen LogP contribution in [0.2, 0.25) is 0 Å². The summed E-state index contributed by atoms with van der Waals surface area (Å²) in [7, 11) is -1.27. The Kier molecular flexibility index (Phi) is 44.9. The maximum absolute atomic E-state index is 5.81. The van der Waals surface area contributed by atoms with Crippen LogP contribution in [0.5, 0.6) is 0 Å². The average Bonchev–Trinajstić information content (AvgIpc) is 3.11. The first kappa shape index (κ1) is 51.3. The second-order valence-electron chi connectivity index (χ2n) is 17.6. The molecule has 0 aliphatic heterocycles. The molecule has 0 aromatic carbocycles. The van der Waals surface area contributed by atoms with Crippen molar-refractivity contribution in [3.05, 3.63) is 0 Å². The van der Waals surface area contributed by atoms with Gasteiger partial charge in [-0.25, -0.2) is 0 Å². The van der Waals surface area contributed by atoms with Crippen molar-refractivity contribution in [2.24, 2.45) is 0 Å². The zero-order valence-corrected chi connectivity index (χ0v) is 37.3. The van der Waals surface area contributed by atoms with Crippen LogP contribution in [0.25, 0.3) is 0 Å². The molecule has 0 atom stereocenters. The molecule has 0 radical (unpaired) electrons. The highest BCUT2D eigenvalue weighted by atomic mass is 31.2. The van der Waals surface area contributed by atoms with Crippen LogP contribution < -0.4 is 0 Å². The van der Waals surface area contributed by atoms with Crippen LogP contribution in [0.3, 0.4) is 0 Å². The molecule has 0 saturated heterocycles. The molecule has 0 N–H and O–H groups in total. The van der Waals surface area contributed by atoms with Gasteiger partial charge in [-0.2, -0.15) is 0 Å². The molecule has 0 aliphatic carbocycles. The predicted molar refractivity (Wildman–Crippen MR) is 241 cm³/mol. The van der Waals surface area contributed by atoms with Crippen LogP contribution in [-0.2, 0) is 4.52 Å². The second kappa shape index (κ2) is 44.7. The van der Waals surface area contributed by atoms with Gasteiger partial charge < -0.3 is 4.52 Å². The summed E-state index contributed by atoms with van der Waals surface area (Å²) in [5.41, 5.74) is 0. The Morgan fingerprint density at radius 2 is 0.392 bits per heavy atom. The van der Waals surface area contributed by atoms with E-state index in [1.54, 1.807) is 0 Å². The summed E-state index contributed by atoms with van der Waals surface area (Å²) < 4.78 is 5.81. The van der Waals surface area contributed by atoms with Crippen molar-refractivity contribution in [2.75, 3.05) is 19.9 Å². The minimum absolute atomic E-state index is 0.921. The van der Waals surface area contributed by atoms with Crippen molar-refractivity contribution in [1.82, 2.24) is 0 Å². The fourth-order valence-corrected chi connectivity index (χ4v) is 8.53. The lowest BCUT2D eigenvalue weighted by molar-refractivity contribution is 0.337. The quantitative estimate of drug-likeness (QED) is 0.0447. The van der Waals surface area contributed by atoms with E-state index in [4.69, 9.17) is 4.52 Å². The van der Waals surface area contributed by atoms with Gasteiger partial charge in [-0.05, 0) is 26.9 Å². The smallest absolute Gasteiger partial charge is 0.0507 e. The van der Waals surface area contributed by atoms with Crippen LogP contribution in [0, 0.1) is 0 Å². The molecule has 0 spiro atoms. The summed E-state index contributed by atoms with van der Waals surface area (Å²) >= 11 is 0. The van der Waals surface area contributed by atoms with E-state index in [-0.39, 0.29) is 0 Å². The van der Waals surface area contributed by atoms with E-state index in [0.29, 0.717) is 0 Å². The molecule has 0 aromatic rings. The highest BCUT2D eigenvalue weighted by molar-refractivity contribution is 7.67. The van der Waals surface area contributed by atoms with Gasteiger partial charge in [0.05, 0.1) is 6.61 Å². The van der Waals surface area contributed by atoms with Crippen LogP contribution in [0.4, 0.5) is 0 Å². The predicted octanol–water partition coefficient (Wildman–Crippen LogP) is 18.8. The van der Waals surface area contributed by atoms with Gasteiger partial charge in [0.25, 0.3) is 0 Å². The summed E-state index contributed by atoms with van der Waals surface area (Å²) in [6, 6.07) is 0. The van der Waals surface area contributed by atoms with Gasteiger partial charge in [0.15, 0.2) is 0 Å². The van der Waals surface area contributed by atoms with Gasteiger partial charge in [-0.1, -0.05) is 289 Å². The Labute approximate surface area is 326 Å². The molecular weight excluding hydrogens is 636 g/mol. The molecule has 0 saturated carbocycles. The Morgan fingerprint density at radius 3 is 0.529 bits per heavy atom. The van der Waals surface area contributed by atoms with Gasteiger partial charge >= 0.3 is 0 Å². The molecule has 308 valence electrons. The van der Waals surface area contributed by atoms with Crippen LogP contribution in [0.15, 0.2) is 0 Å². The Morgan fingerprint density at radius 1 is 0.255 bits per heavy atom. The Hall–Kier alpha value is 0.260. The highest BCUT2D eigenvalue weighted by Gasteiger charge is 2.00. The topological polar surface area (TPSA) is 9.23 Å². The molecule has 1 nitrogen and oxygen atoms in total. The molecule has 0 rings (SSSR count). The minimum Gasteiger partial charge on any atom is -0.363 e. The molecule has 0 unspecified atom stereocenters. The van der Waals surface area contributed by atoms with Gasteiger partial charge in [0, 0.05) is 0 Å². The van der Waals surface area contributed by atoms with E-state index in [0.717, 1.165) is 6.61 Å². The van der Waals surface area contributed by atoms with Gasteiger partial charge in [-0.3, -0.25) is 0 Å². The molecule has 0 fully saturated rings. The van der Waals surface area contributed by atoms with Crippen molar-refractivity contribution >= 4 is 13.4 Å². The zero-order valence-electron chi connectivity index (χ0n) is 36.4. The monoisotopic (exact) mass is 737 g/mol. The third-order valence-corrected chi connectivity index (χ3v) is 12.3. The summed E-state index contributed by atoms with van der Waals surface area (Å²) in [6.45, 7) is 7.54. The zero-order chi connectivity index (χ0) is 37.0. The molecular formula is C49H101OP. The summed E-state index contributed by atoms with van der Waals surface area (Å²) in [4.78, 5) is 0. The summed E-state index contributed by atoms with van der Waals surface area (Å²) in [5.74, 6) is 0. The van der Waals surface area contributed by atoms with Gasteiger partial charge in [0.2, 0.25) is 0 Å². The minimum atomic E-state index is -1.27. The normalized spacial score (nSPS) is 12.0. The SMILES string of the molecule is C=P(C)(C)OCCCCCCCCCCCCCCCCCCCCCCCCCCCCCCCCCCCCCCCCCCCCCC. The first-order valence-electron chi connectivity index (χ1n) is 24.4. The van der Waals surface area contributed by atoms with E-state index in [1.807, 2.05) is 0 Å². The lowest BCUT2D eigenvalue weighted by atomic mass is 10.0. The number of unbranched alkanes of at least 4 members (excludes halogenated alkanes) is 43. The maximum atomic E-state index is 5.81. The Bertz CT molecular complexity index is 653. The molecule has 2 heteroatoms. The first-order valence-corrected chi connectivity index (χ1v) is 27.2. The van der Waals surface area contributed by atoms with Gasteiger partial charge in [-0.15, -0.1) is 0 Å². The fourth-order valence-electron chi connectivity index (χ4n) is 7.91.